The van der Waals surface area contributed by atoms with Gasteiger partial charge in [0.15, 0.2) is 0 Å². The molecular weight excluding hydrogens is 386 g/mol. The van der Waals surface area contributed by atoms with Crippen LogP contribution in [0.2, 0.25) is 5.02 Å². The van der Waals surface area contributed by atoms with E-state index in [2.05, 4.69) is 22.1 Å². The van der Waals surface area contributed by atoms with Crippen LogP contribution in [-0.2, 0) is 9.59 Å². The second-order valence-corrected chi connectivity index (χ2v) is 9.85. The summed E-state index contributed by atoms with van der Waals surface area (Å²) in [7, 11) is 0. The highest BCUT2D eigenvalue weighted by molar-refractivity contribution is 6.30. The Labute approximate surface area is 178 Å². The molecule has 6 heteroatoms. The SMILES string of the molecule is C=CCC[C@](NC(C)=O)(C(=O)NC(C)(C)C)C12CCN(c3ccc(Cl)cc3)[C@H]1C2. The van der Waals surface area contributed by atoms with Crippen LogP contribution in [0.25, 0.3) is 0 Å². The van der Waals surface area contributed by atoms with Crippen LogP contribution in [0.4, 0.5) is 5.69 Å². The number of nitrogens with one attached hydrogen (secondary N) is 2. The van der Waals surface area contributed by atoms with E-state index >= 15 is 0 Å². The number of rotatable bonds is 7. The lowest BCUT2D eigenvalue weighted by Gasteiger charge is -2.41. The van der Waals surface area contributed by atoms with Gasteiger partial charge in [-0.1, -0.05) is 17.7 Å². The monoisotopic (exact) mass is 417 g/mol. The molecule has 1 saturated heterocycles. The molecule has 1 unspecified atom stereocenters. The van der Waals surface area contributed by atoms with E-state index in [0.717, 1.165) is 25.1 Å². The summed E-state index contributed by atoms with van der Waals surface area (Å²) in [5.74, 6) is -0.273. The van der Waals surface area contributed by atoms with Crippen molar-refractivity contribution in [3.05, 3.63) is 41.9 Å². The molecule has 0 bridgehead atoms. The number of nitrogens with zero attached hydrogens (tertiary/aromatic N) is 1. The topological polar surface area (TPSA) is 61.4 Å². The van der Waals surface area contributed by atoms with Gasteiger partial charge in [-0.3, -0.25) is 9.59 Å². The van der Waals surface area contributed by atoms with Crippen molar-refractivity contribution in [2.24, 2.45) is 5.41 Å². The maximum absolute atomic E-state index is 13.6. The zero-order chi connectivity index (χ0) is 21.4. The molecule has 1 aliphatic heterocycles. The summed E-state index contributed by atoms with van der Waals surface area (Å²) in [6, 6.07) is 8.05. The highest BCUT2D eigenvalue weighted by atomic mass is 35.5. The minimum atomic E-state index is -0.952. The summed E-state index contributed by atoms with van der Waals surface area (Å²) in [5.41, 5.74) is -0.511. The molecule has 1 heterocycles. The fourth-order valence-electron chi connectivity index (χ4n) is 4.95. The quantitative estimate of drug-likeness (QED) is 0.657. The summed E-state index contributed by atoms with van der Waals surface area (Å²) in [6.45, 7) is 12.1. The molecule has 2 aliphatic rings. The van der Waals surface area contributed by atoms with E-state index in [1.807, 2.05) is 51.1 Å². The van der Waals surface area contributed by atoms with Gasteiger partial charge in [0.05, 0.1) is 0 Å². The first-order valence-corrected chi connectivity index (χ1v) is 10.7. The number of fused-ring (bicyclic) bond motifs is 1. The Kier molecular flexibility index (Phi) is 5.74. The fourth-order valence-corrected chi connectivity index (χ4v) is 5.08. The summed E-state index contributed by atoms with van der Waals surface area (Å²) in [6.07, 6.45) is 4.76. The molecule has 0 spiro atoms. The van der Waals surface area contributed by atoms with E-state index in [1.165, 1.54) is 6.92 Å². The first-order chi connectivity index (χ1) is 13.5. The number of piperidine rings is 1. The van der Waals surface area contributed by atoms with Crippen molar-refractivity contribution in [1.82, 2.24) is 10.6 Å². The van der Waals surface area contributed by atoms with Crippen LogP contribution in [0.5, 0.6) is 0 Å². The van der Waals surface area contributed by atoms with Crippen molar-refractivity contribution in [3.8, 4) is 0 Å². The number of halogens is 1. The van der Waals surface area contributed by atoms with Gasteiger partial charge in [0.25, 0.3) is 0 Å². The Balaban J connectivity index is 1.97. The summed E-state index contributed by atoms with van der Waals surface area (Å²) in [5, 5.41) is 6.96. The van der Waals surface area contributed by atoms with Crippen LogP contribution in [0.3, 0.4) is 0 Å². The van der Waals surface area contributed by atoms with E-state index in [1.54, 1.807) is 0 Å². The second kappa shape index (κ2) is 7.67. The van der Waals surface area contributed by atoms with Gasteiger partial charge in [0.1, 0.15) is 5.54 Å². The molecule has 0 aromatic heterocycles. The van der Waals surface area contributed by atoms with Crippen LogP contribution >= 0.6 is 11.6 Å². The Morgan fingerprint density at radius 2 is 1.93 bits per heavy atom. The average molecular weight is 418 g/mol. The molecule has 1 aliphatic carbocycles. The summed E-state index contributed by atoms with van der Waals surface area (Å²) < 4.78 is 0. The van der Waals surface area contributed by atoms with E-state index in [4.69, 9.17) is 11.6 Å². The molecule has 1 aromatic rings. The van der Waals surface area contributed by atoms with Gasteiger partial charge in [0.2, 0.25) is 11.8 Å². The normalized spacial score (nSPS) is 25.0. The summed E-state index contributed by atoms with van der Waals surface area (Å²) >= 11 is 6.05. The predicted octanol–water partition coefficient (Wildman–Crippen LogP) is 4.06. The van der Waals surface area contributed by atoms with E-state index in [9.17, 15) is 9.59 Å². The van der Waals surface area contributed by atoms with Gasteiger partial charge < -0.3 is 15.5 Å². The number of anilines is 1. The molecular formula is C23H32ClN3O2. The van der Waals surface area contributed by atoms with Gasteiger partial charge in [0, 0.05) is 41.2 Å². The number of carbonyl (C=O) groups is 2. The zero-order valence-electron chi connectivity index (χ0n) is 17.8. The number of allylic oxidation sites excluding steroid dienone is 1. The molecule has 2 amide bonds. The molecule has 158 valence electrons. The van der Waals surface area contributed by atoms with Gasteiger partial charge in [-0.25, -0.2) is 0 Å². The molecule has 5 nitrogen and oxygen atoms in total. The number of hydrogen-bond donors (Lipinski definition) is 2. The predicted molar refractivity (Wildman–Crippen MR) is 118 cm³/mol. The van der Waals surface area contributed by atoms with Gasteiger partial charge in [-0.15, -0.1) is 6.58 Å². The van der Waals surface area contributed by atoms with Crippen LogP contribution < -0.4 is 15.5 Å². The number of amides is 2. The molecule has 2 N–H and O–H groups in total. The van der Waals surface area contributed by atoms with E-state index < -0.39 is 5.54 Å². The zero-order valence-corrected chi connectivity index (χ0v) is 18.6. The molecule has 0 radical (unpaired) electrons. The highest BCUT2D eigenvalue weighted by Gasteiger charge is 2.73. The maximum atomic E-state index is 13.6. The third-order valence-electron chi connectivity index (χ3n) is 6.21. The van der Waals surface area contributed by atoms with Crippen molar-refractivity contribution in [2.45, 2.75) is 70.5 Å². The molecule has 1 aromatic carbocycles. The Hall–Kier alpha value is -2.01. The third kappa shape index (κ3) is 4.02. The third-order valence-corrected chi connectivity index (χ3v) is 6.46. The minimum absolute atomic E-state index is 0.0949. The average Bonchev–Trinajstić information content (AvgIpc) is 3.24. The fraction of sp³-hybridized carbons (Fsp3) is 0.565. The lowest BCUT2D eigenvalue weighted by atomic mass is 9.74. The van der Waals surface area contributed by atoms with E-state index in [0.29, 0.717) is 17.9 Å². The number of hydrogen-bond acceptors (Lipinski definition) is 3. The molecule has 3 atom stereocenters. The Bertz CT molecular complexity index is 801. The highest BCUT2D eigenvalue weighted by Crippen LogP contribution is 2.65. The molecule has 3 rings (SSSR count). The minimum Gasteiger partial charge on any atom is -0.368 e. The van der Waals surface area contributed by atoms with Crippen molar-refractivity contribution < 1.29 is 9.59 Å². The van der Waals surface area contributed by atoms with Crippen LogP contribution in [0.15, 0.2) is 36.9 Å². The lowest BCUT2D eigenvalue weighted by molar-refractivity contribution is -0.138. The van der Waals surface area contributed by atoms with Crippen molar-refractivity contribution in [1.29, 1.82) is 0 Å². The molecule has 2 fully saturated rings. The van der Waals surface area contributed by atoms with Crippen molar-refractivity contribution in [2.75, 3.05) is 11.4 Å². The van der Waals surface area contributed by atoms with Crippen LogP contribution in [-0.4, -0.2) is 35.5 Å². The smallest absolute Gasteiger partial charge is 0.246 e. The second-order valence-electron chi connectivity index (χ2n) is 9.41. The largest absolute Gasteiger partial charge is 0.368 e. The van der Waals surface area contributed by atoms with Crippen LogP contribution in [0.1, 0.15) is 53.4 Å². The van der Waals surface area contributed by atoms with Gasteiger partial charge in [-0.05, 0) is 70.7 Å². The van der Waals surface area contributed by atoms with Crippen molar-refractivity contribution in [3.63, 3.8) is 0 Å². The van der Waals surface area contributed by atoms with E-state index in [-0.39, 0.29) is 28.8 Å². The Morgan fingerprint density at radius 1 is 1.28 bits per heavy atom. The summed E-state index contributed by atoms with van der Waals surface area (Å²) in [4.78, 5) is 28.2. The van der Waals surface area contributed by atoms with Gasteiger partial charge >= 0.3 is 0 Å². The van der Waals surface area contributed by atoms with Gasteiger partial charge in [-0.2, -0.15) is 0 Å². The standard InChI is InChI=1S/C23H32ClN3O2/c1-6-7-12-23(25-16(2)28,20(29)26-21(3,4)5)22-13-14-27(19(22)15-22)18-10-8-17(24)9-11-18/h6,8-11,19H,1,7,12-15H2,2-5H3,(H,25,28)(H,26,29)/t19-,22?,23-/m0/s1. The first kappa shape index (κ1) is 21.7. The van der Waals surface area contributed by atoms with Crippen molar-refractivity contribution >= 4 is 29.1 Å². The number of carbonyl (C=O) groups excluding carboxylic acids is 2. The Morgan fingerprint density at radius 3 is 2.45 bits per heavy atom. The lowest BCUT2D eigenvalue weighted by Crippen LogP contribution is -2.66. The number of benzene rings is 1. The molecule has 1 saturated carbocycles. The van der Waals surface area contributed by atoms with Crippen LogP contribution in [0, 0.1) is 5.41 Å². The first-order valence-electron chi connectivity index (χ1n) is 10.3. The maximum Gasteiger partial charge on any atom is 0.246 e. The molecule has 29 heavy (non-hydrogen) atoms.